The van der Waals surface area contributed by atoms with Crippen LogP contribution in [0.4, 0.5) is 0 Å². The molecule has 0 saturated heterocycles. The molecular weight excluding hydrogens is 568 g/mol. The number of cyclic esters (lactones) is 1. The third-order valence-electron chi connectivity index (χ3n) is 9.00. The summed E-state index contributed by atoms with van der Waals surface area (Å²) in [5.74, 6) is -2.67. The summed E-state index contributed by atoms with van der Waals surface area (Å²) in [6.07, 6.45) is 7.15. The fourth-order valence-corrected chi connectivity index (χ4v) is 6.09. The molecule has 0 aromatic heterocycles. The number of hydrogen-bond acceptors (Lipinski definition) is 7. The summed E-state index contributed by atoms with van der Waals surface area (Å²) in [7, 11) is 0. The maximum absolute atomic E-state index is 13.0. The van der Waals surface area contributed by atoms with E-state index in [1.165, 1.54) is 25.7 Å². The van der Waals surface area contributed by atoms with Gasteiger partial charge in [-0.2, -0.15) is 0 Å². The Kier molecular flexibility index (Phi) is 12.1. The summed E-state index contributed by atoms with van der Waals surface area (Å²) in [6, 6.07) is 16.3. The highest BCUT2D eigenvalue weighted by atomic mass is 16.6. The maximum Gasteiger partial charge on any atom is 0.378 e. The van der Waals surface area contributed by atoms with E-state index >= 15 is 0 Å². The van der Waals surface area contributed by atoms with Crippen LogP contribution in [0.5, 0.6) is 0 Å². The van der Waals surface area contributed by atoms with Crippen molar-refractivity contribution in [3.63, 3.8) is 0 Å². The Morgan fingerprint density at radius 1 is 0.822 bits per heavy atom. The highest BCUT2D eigenvalue weighted by molar-refractivity contribution is 5.89. The highest BCUT2D eigenvalue weighted by Gasteiger charge is 2.62. The number of carbonyl (C=O) groups excluding carboxylic acids is 2. The molecular formula is C38H54O7. The largest absolute Gasteiger partial charge is 0.505 e. The predicted molar refractivity (Wildman–Crippen MR) is 177 cm³/mol. The van der Waals surface area contributed by atoms with Gasteiger partial charge in [-0.15, -0.1) is 0 Å². The summed E-state index contributed by atoms with van der Waals surface area (Å²) in [5.41, 5.74) is -2.88. The fourth-order valence-electron chi connectivity index (χ4n) is 6.09. The van der Waals surface area contributed by atoms with E-state index < -0.39 is 40.2 Å². The lowest BCUT2D eigenvalue weighted by molar-refractivity contribution is -0.239. The van der Waals surface area contributed by atoms with Crippen LogP contribution >= 0.6 is 0 Å². The molecule has 0 saturated carbocycles. The molecule has 0 aliphatic carbocycles. The third-order valence-corrected chi connectivity index (χ3v) is 9.00. The molecule has 1 aliphatic heterocycles. The lowest BCUT2D eigenvalue weighted by Gasteiger charge is -2.48. The summed E-state index contributed by atoms with van der Waals surface area (Å²) in [5, 5.41) is 34.3. The van der Waals surface area contributed by atoms with E-state index in [1.807, 2.05) is 65.0 Å². The van der Waals surface area contributed by atoms with E-state index in [9.17, 15) is 24.9 Å². The molecule has 3 N–H and O–H groups in total. The van der Waals surface area contributed by atoms with Crippen LogP contribution in [0.3, 0.4) is 0 Å². The minimum absolute atomic E-state index is 0.0829. The van der Waals surface area contributed by atoms with Crippen molar-refractivity contribution in [2.24, 2.45) is 5.41 Å². The molecule has 248 valence electrons. The van der Waals surface area contributed by atoms with Crippen molar-refractivity contribution in [1.82, 2.24) is 0 Å². The van der Waals surface area contributed by atoms with Crippen LogP contribution in [-0.2, 0) is 35.7 Å². The first kappa shape index (κ1) is 36.3. The van der Waals surface area contributed by atoms with Gasteiger partial charge in [-0.05, 0) is 40.9 Å². The molecule has 2 aromatic carbocycles. The molecule has 7 nitrogen and oxygen atoms in total. The second-order valence-corrected chi connectivity index (χ2v) is 14.6. The van der Waals surface area contributed by atoms with E-state index in [-0.39, 0.29) is 17.8 Å². The number of ether oxygens (including phenoxy) is 2. The van der Waals surface area contributed by atoms with Crippen molar-refractivity contribution < 1.29 is 34.4 Å². The third kappa shape index (κ3) is 8.56. The van der Waals surface area contributed by atoms with Gasteiger partial charge in [0.05, 0.1) is 6.61 Å². The maximum atomic E-state index is 13.0. The first-order chi connectivity index (χ1) is 21.1. The van der Waals surface area contributed by atoms with Gasteiger partial charge in [0.15, 0.2) is 17.5 Å². The van der Waals surface area contributed by atoms with Crippen molar-refractivity contribution in [2.75, 3.05) is 6.61 Å². The number of aliphatic hydroxyl groups is 3. The van der Waals surface area contributed by atoms with E-state index in [2.05, 4.69) is 6.92 Å². The van der Waals surface area contributed by atoms with Crippen molar-refractivity contribution in [3.05, 3.63) is 82.8 Å². The van der Waals surface area contributed by atoms with Gasteiger partial charge >= 0.3 is 5.97 Å². The number of carbonyl (C=O) groups is 2. The van der Waals surface area contributed by atoms with Gasteiger partial charge in [-0.3, -0.25) is 4.79 Å². The predicted octanol–water partition coefficient (Wildman–Crippen LogP) is 8.48. The summed E-state index contributed by atoms with van der Waals surface area (Å²) >= 11 is 0. The quantitative estimate of drug-likeness (QED) is 0.120. The van der Waals surface area contributed by atoms with Crippen molar-refractivity contribution in [1.29, 1.82) is 0 Å². The molecule has 2 aromatic rings. The molecule has 1 heterocycles. The van der Waals surface area contributed by atoms with Gasteiger partial charge in [0.25, 0.3) is 0 Å². The molecule has 0 bridgehead atoms. The number of benzene rings is 2. The highest BCUT2D eigenvalue weighted by Crippen LogP contribution is 2.51. The van der Waals surface area contributed by atoms with Gasteiger partial charge in [-0.1, -0.05) is 135 Å². The Balaban J connectivity index is 1.97. The van der Waals surface area contributed by atoms with Crippen molar-refractivity contribution >= 4 is 11.8 Å². The fraction of sp³-hybridized carbons (Fsp3) is 0.579. The van der Waals surface area contributed by atoms with Gasteiger partial charge in [0, 0.05) is 12.8 Å². The van der Waals surface area contributed by atoms with Gasteiger partial charge in [0.1, 0.15) is 11.4 Å². The normalized spacial score (nSPS) is 18.4. The zero-order valence-electron chi connectivity index (χ0n) is 28.3. The standard InChI is InChI=1S/C38H54O7/c1-8-9-10-11-12-13-17-23-30(39)25-36(5,6)26-44-37(7,27-19-15-14-16-20-27)38(43,33-31(40)32(41)34(42)45-33)29-22-18-21-28(24-29)35(2,3)4/h14-16,18-22,24,33,40-41,43H,8-13,17,23,25-26H2,1-7H3/t33-,37?,38+/m0/s1. The van der Waals surface area contributed by atoms with E-state index in [0.717, 1.165) is 24.8 Å². The van der Waals surface area contributed by atoms with E-state index in [0.29, 0.717) is 24.0 Å². The monoisotopic (exact) mass is 622 g/mol. The van der Waals surface area contributed by atoms with Crippen LogP contribution in [0.25, 0.3) is 0 Å². The Bertz CT molecular complexity index is 1320. The smallest absolute Gasteiger partial charge is 0.378 e. The van der Waals surface area contributed by atoms with Crippen LogP contribution in [0.2, 0.25) is 0 Å². The number of Topliss-reactive ketones (excluding diaryl/α,β-unsaturated/α-hetero) is 1. The molecule has 0 spiro atoms. The van der Waals surface area contributed by atoms with Crippen LogP contribution in [0.1, 0.15) is 123 Å². The molecule has 0 radical (unpaired) electrons. The minimum Gasteiger partial charge on any atom is -0.505 e. The van der Waals surface area contributed by atoms with Crippen molar-refractivity contribution in [2.45, 2.75) is 129 Å². The molecule has 3 rings (SSSR count). The first-order valence-electron chi connectivity index (χ1n) is 16.4. The molecule has 7 heteroatoms. The second-order valence-electron chi connectivity index (χ2n) is 14.6. The molecule has 0 amide bonds. The molecule has 0 fully saturated rings. The second kappa shape index (κ2) is 15.0. The van der Waals surface area contributed by atoms with Crippen LogP contribution in [0, 0.1) is 5.41 Å². The Morgan fingerprint density at radius 3 is 1.98 bits per heavy atom. The minimum atomic E-state index is -2.20. The van der Waals surface area contributed by atoms with Crippen LogP contribution in [0.15, 0.2) is 66.1 Å². The van der Waals surface area contributed by atoms with Crippen LogP contribution in [-0.4, -0.2) is 39.8 Å². The lowest BCUT2D eigenvalue weighted by atomic mass is 9.69. The SMILES string of the molecule is CCCCCCCCCC(=O)CC(C)(C)COC(C)(c1ccccc1)[C@@](O)(c1cccc(C(C)(C)C)c1)[C@H]1OC(=O)C(O)=C1O. The summed E-state index contributed by atoms with van der Waals surface area (Å²) in [4.78, 5) is 25.5. The average molecular weight is 623 g/mol. The number of esters is 1. The van der Waals surface area contributed by atoms with E-state index in [1.54, 1.807) is 31.2 Å². The van der Waals surface area contributed by atoms with Gasteiger partial charge in [0.2, 0.25) is 5.76 Å². The first-order valence-corrected chi connectivity index (χ1v) is 16.4. The van der Waals surface area contributed by atoms with Crippen molar-refractivity contribution in [3.8, 4) is 0 Å². The van der Waals surface area contributed by atoms with Gasteiger partial charge < -0.3 is 24.8 Å². The zero-order valence-corrected chi connectivity index (χ0v) is 28.3. The topological polar surface area (TPSA) is 113 Å². The Hall–Kier alpha value is -3.16. The number of unbranched alkanes of at least 4 members (excludes halogenated alkanes) is 6. The number of hydrogen-bond donors (Lipinski definition) is 3. The van der Waals surface area contributed by atoms with Gasteiger partial charge in [-0.25, -0.2) is 4.79 Å². The summed E-state index contributed by atoms with van der Waals surface area (Å²) in [6.45, 7) is 14.0. The number of ketones is 1. The molecule has 1 unspecified atom stereocenters. The Labute approximate surface area is 269 Å². The number of rotatable bonds is 17. The number of aliphatic hydroxyl groups excluding tert-OH is 2. The lowest BCUT2D eigenvalue weighted by Crippen LogP contribution is -2.58. The van der Waals surface area contributed by atoms with E-state index in [4.69, 9.17) is 9.47 Å². The molecule has 1 aliphatic rings. The molecule has 45 heavy (non-hydrogen) atoms. The zero-order chi connectivity index (χ0) is 33.5. The average Bonchev–Trinajstić information content (AvgIpc) is 3.26. The Morgan fingerprint density at radius 2 is 1.40 bits per heavy atom. The summed E-state index contributed by atoms with van der Waals surface area (Å²) < 4.78 is 12.2. The van der Waals surface area contributed by atoms with Crippen LogP contribution < -0.4 is 0 Å². The molecule has 3 atom stereocenters.